The Morgan fingerprint density at radius 2 is 2.43 bits per heavy atom. The highest BCUT2D eigenvalue weighted by atomic mass is 16.5. The molecule has 0 bridgehead atoms. The molecule has 0 amide bonds. The van der Waals surface area contributed by atoms with E-state index in [9.17, 15) is 5.11 Å². The maximum atomic E-state index is 9.48. The number of hydrogen-bond acceptors (Lipinski definition) is 4. The molecule has 78 valence electrons. The van der Waals surface area contributed by atoms with Crippen LogP contribution in [0.15, 0.2) is 10.6 Å². The normalized spacial score (nSPS) is 26.6. The van der Waals surface area contributed by atoms with Crippen molar-refractivity contribution < 1.29 is 9.63 Å². The molecule has 2 atom stereocenters. The second-order valence-electron chi connectivity index (χ2n) is 4.06. The Morgan fingerprint density at radius 1 is 1.64 bits per heavy atom. The molecule has 1 aliphatic rings. The molecule has 0 saturated heterocycles. The van der Waals surface area contributed by atoms with E-state index in [-0.39, 0.29) is 6.10 Å². The second-order valence-corrected chi connectivity index (χ2v) is 4.06. The first-order valence-corrected chi connectivity index (χ1v) is 4.97. The number of aromatic nitrogens is 1. The maximum absolute atomic E-state index is 9.48. The zero-order valence-corrected chi connectivity index (χ0v) is 8.60. The minimum Gasteiger partial charge on any atom is -0.391 e. The van der Waals surface area contributed by atoms with E-state index in [0.29, 0.717) is 6.04 Å². The van der Waals surface area contributed by atoms with Crippen LogP contribution in [0.25, 0.3) is 0 Å². The second kappa shape index (κ2) is 3.71. The lowest BCUT2D eigenvalue weighted by Gasteiger charge is -2.39. The van der Waals surface area contributed by atoms with Gasteiger partial charge in [0.05, 0.1) is 11.8 Å². The minimum absolute atomic E-state index is 0.159. The van der Waals surface area contributed by atoms with Crippen LogP contribution in [0.5, 0.6) is 0 Å². The highest BCUT2D eigenvalue weighted by Gasteiger charge is 2.32. The van der Waals surface area contributed by atoms with Crippen LogP contribution in [0.2, 0.25) is 0 Å². The Labute approximate surface area is 83.5 Å². The fourth-order valence-corrected chi connectivity index (χ4v) is 1.84. The van der Waals surface area contributed by atoms with E-state index < -0.39 is 0 Å². The lowest BCUT2D eigenvalue weighted by Crippen LogP contribution is -2.48. The standard InChI is InChI=1S/C10H16N2O2/c1-7-5-8(11-14-7)6-12(2)9-3-4-10(9)13/h5,9-10,13H,3-4,6H2,1-2H3. The average Bonchev–Trinajstić information content (AvgIpc) is 2.48. The predicted octanol–water partition coefficient (Wildman–Crippen LogP) is 0.938. The Kier molecular flexibility index (Phi) is 2.56. The molecule has 1 saturated carbocycles. The molecular formula is C10H16N2O2. The van der Waals surface area contributed by atoms with Gasteiger partial charge in [-0.15, -0.1) is 0 Å². The molecule has 1 aliphatic carbocycles. The zero-order valence-electron chi connectivity index (χ0n) is 8.60. The van der Waals surface area contributed by atoms with Crippen molar-refractivity contribution in [1.29, 1.82) is 0 Å². The summed E-state index contributed by atoms with van der Waals surface area (Å²) < 4.78 is 4.98. The molecule has 1 heterocycles. The van der Waals surface area contributed by atoms with Gasteiger partial charge in [-0.05, 0) is 26.8 Å². The highest BCUT2D eigenvalue weighted by Crippen LogP contribution is 2.25. The van der Waals surface area contributed by atoms with Gasteiger partial charge < -0.3 is 9.63 Å². The SMILES string of the molecule is Cc1cc(CN(C)C2CCC2O)no1. The summed E-state index contributed by atoms with van der Waals surface area (Å²) in [5.74, 6) is 0.836. The summed E-state index contributed by atoms with van der Waals surface area (Å²) in [6.45, 7) is 2.63. The first-order valence-electron chi connectivity index (χ1n) is 4.97. The molecular weight excluding hydrogens is 180 g/mol. The molecule has 0 spiro atoms. The van der Waals surface area contributed by atoms with Gasteiger partial charge in [0.25, 0.3) is 0 Å². The number of rotatable bonds is 3. The van der Waals surface area contributed by atoms with Gasteiger partial charge in [-0.25, -0.2) is 0 Å². The van der Waals surface area contributed by atoms with Gasteiger partial charge in [-0.2, -0.15) is 0 Å². The van der Waals surface area contributed by atoms with Gasteiger partial charge in [0.1, 0.15) is 5.76 Å². The summed E-state index contributed by atoms with van der Waals surface area (Å²) in [5, 5.41) is 13.4. The van der Waals surface area contributed by atoms with E-state index in [1.807, 2.05) is 20.0 Å². The summed E-state index contributed by atoms with van der Waals surface area (Å²) in [6, 6.07) is 2.23. The minimum atomic E-state index is -0.159. The lowest BCUT2D eigenvalue weighted by atomic mass is 9.88. The van der Waals surface area contributed by atoms with Crippen molar-refractivity contribution in [3.05, 3.63) is 17.5 Å². The van der Waals surface area contributed by atoms with Crippen molar-refractivity contribution in [2.75, 3.05) is 7.05 Å². The van der Waals surface area contributed by atoms with E-state index in [4.69, 9.17) is 4.52 Å². The smallest absolute Gasteiger partial charge is 0.133 e. The third-order valence-corrected chi connectivity index (χ3v) is 2.86. The van der Waals surface area contributed by atoms with Crippen LogP contribution in [0.3, 0.4) is 0 Å². The third-order valence-electron chi connectivity index (χ3n) is 2.86. The van der Waals surface area contributed by atoms with Crippen molar-refractivity contribution >= 4 is 0 Å². The van der Waals surface area contributed by atoms with E-state index in [1.165, 1.54) is 0 Å². The van der Waals surface area contributed by atoms with E-state index >= 15 is 0 Å². The number of likely N-dealkylation sites (N-methyl/N-ethyl adjacent to an activating group) is 1. The zero-order chi connectivity index (χ0) is 10.1. The van der Waals surface area contributed by atoms with Crippen LogP contribution in [0.4, 0.5) is 0 Å². The topological polar surface area (TPSA) is 49.5 Å². The van der Waals surface area contributed by atoms with Crippen molar-refractivity contribution in [2.24, 2.45) is 0 Å². The molecule has 1 N–H and O–H groups in total. The number of aliphatic hydroxyl groups is 1. The summed E-state index contributed by atoms with van der Waals surface area (Å²) in [5.41, 5.74) is 0.934. The molecule has 2 unspecified atom stereocenters. The van der Waals surface area contributed by atoms with Gasteiger partial charge in [-0.1, -0.05) is 5.16 Å². The molecule has 0 aromatic carbocycles. The fraction of sp³-hybridized carbons (Fsp3) is 0.700. The number of aryl methyl sites for hydroxylation is 1. The predicted molar refractivity (Wildman–Crippen MR) is 51.7 cm³/mol. The van der Waals surface area contributed by atoms with Crippen LogP contribution in [-0.2, 0) is 6.54 Å². The Hall–Kier alpha value is -0.870. The molecule has 2 rings (SSSR count). The van der Waals surface area contributed by atoms with Crippen LogP contribution in [0.1, 0.15) is 24.3 Å². The van der Waals surface area contributed by atoms with Crippen LogP contribution in [0, 0.1) is 6.92 Å². The van der Waals surface area contributed by atoms with Crippen LogP contribution >= 0.6 is 0 Å². The number of hydrogen-bond donors (Lipinski definition) is 1. The van der Waals surface area contributed by atoms with E-state index in [1.54, 1.807) is 0 Å². The van der Waals surface area contributed by atoms with Crippen molar-refractivity contribution in [2.45, 2.75) is 38.5 Å². The molecule has 1 aromatic rings. The first kappa shape index (κ1) is 9.68. The van der Waals surface area contributed by atoms with E-state index in [2.05, 4.69) is 10.1 Å². The van der Waals surface area contributed by atoms with Gasteiger partial charge >= 0.3 is 0 Å². The summed E-state index contributed by atoms with van der Waals surface area (Å²) in [7, 11) is 2.01. The lowest BCUT2D eigenvalue weighted by molar-refractivity contribution is -0.0137. The summed E-state index contributed by atoms with van der Waals surface area (Å²) >= 11 is 0. The fourth-order valence-electron chi connectivity index (χ4n) is 1.84. The average molecular weight is 196 g/mol. The Bertz CT molecular complexity index is 311. The molecule has 4 nitrogen and oxygen atoms in total. The number of nitrogens with zero attached hydrogens (tertiary/aromatic N) is 2. The molecule has 14 heavy (non-hydrogen) atoms. The monoisotopic (exact) mass is 196 g/mol. The maximum Gasteiger partial charge on any atom is 0.133 e. The molecule has 1 fully saturated rings. The van der Waals surface area contributed by atoms with Gasteiger partial charge in [-0.3, -0.25) is 4.90 Å². The largest absolute Gasteiger partial charge is 0.391 e. The molecule has 0 radical (unpaired) electrons. The van der Waals surface area contributed by atoms with Crippen molar-refractivity contribution in [1.82, 2.24) is 10.1 Å². The Balaban J connectivity index is 1.91. The summed E-state index contributed by atoms with van der Waals surface area (Å²) in [4.78, 5) is 2.13. The van der Waals surface area contributed by atoms with Gasteiger partial charge in [0.15, 0.2) is 0 Å². The van der Waals surface area contributed by atoms with E-state index in [0.717, 1.165) is 30.8 Å². The highest BCUT2D eigenvalue weighted by molar-refractivity contribution is 5.04. The van der Waals surface area contributed by atoms with Gasteiger partial charge in [0, 0.05) is 18.7 Å². The first-order chi connectivity index (χ1) is 6.66. The number of aliphatic hydroxyl groups excluding tert-OH is 1. The van der Waals surface area contributed by atoms with Crippen LogP contribution < -0.4 is 0 Å². The third kappa shape index (κ3) is 1.81. The summed E-state index contributed by atoms with van der Waals surface area (Å²) in [6.07, 6.45) is 1.84. The van der Waals surface area contributed by atoms with Crippen molar-refractivity contribution in [3.8, 4) is 0 Å². The molecule has 1 aromatic heterocycles. The molecule has 0 aliphatic heterocycles. The Morgan fingerprint density at radius 3 is 2.86 bits per heavy atom. The van der Waals surface area contributed by atoms with Crippen LogP contribution in [-0.4, -0.2) is 34.4 Å². The van der Waals surface area contributed by atoms with Gasteiger partial charge in [0.2, 0.25) is 0 Å². The van der Waals surface area contributed by atoms with Crippen molar-refractivity contribution in [3.63, 3.8) is 0 Å². The quantitative estimate of drug-likeness (QED) is 0.781. The molecule has 4 heteroatoms.